The smallest absolute Gasteiger partial charge is 0.256 e. The van der Waals surface area contributed by atoms with Crippen molar-refractivity contribution in [2.45, 2.75) is 30.5 Å². The number of ether oxygens (including phenoxy) is 4. The van der Waals surface area contributed by atoms with E-state index < -0.39 is 30.8 Å². The summed E-state index contributed by atoms with van der Waals surface area (Å²) in [6.45, 7) is -4.28. The van der Waals surface area contributed by atoms with Gasteiger partial charge in [-0.05, 0) is 89.2 Å². The van der Waals surface area contributed by atoms with Crippen LogP contribution in [-0.4, -0.2) is 58.5 Å². The number of carbonyl (C=O) groups excluding carboxylic acids is 1. The first kappa shape index (κ1) is 41.1. The number of fused-ring (bicyclic) bond motifs is 1. The number of amides is 1. The molecule has 0 bridgehead atoms. The van der Waals surface area contributed by atoms with Crippen molar-refractivity contribution in [2.75, 3.05) is 26.1 Å². The highest BCUT2D eigenvalue weighted by Gasteiger charge is 2.44. The van der Waals surface area contributed by atoms with E-state index in [1.165, 1.54) is 6.33 Å². The Hall–Kier alpha value is -5.70. The van der Waals surface area contributed by atoms with Gasteiger partial charge in [-0.2, -0.15) is 0 Å². The maximum atomic E-state index is 14.0. The van der Waals surface area contributed by atoms with Gasteiger partial charge in [0.1, 0.15) is 41.5 Å². The molecule has 2 aromatic heterocycles. The Morgan fingerprint density at radius 3 is 2.03 bits per heavy atom. The standard InChI is InChI=1S/C44H39ClN5O8PS/c1-53-34-19-13-31(14-20-34)44(30-11-7-4-8-12-30,32-15-21-35(54-2)22-16-32)55-26-38-37(58-59(52,60)57-36-23-17-33(45)18-24-36)25-39(56-38)50-28-48-40-41(46-27-47-42(40)50)49-43(51)29-9-5-3-6-10-29/h3-24,27-28,37-39H,25-26H2,1-2H3,(H,52,60)(H,46,47,49,51)/p-1/t37-,38+,39+,59?/m0/s1. The quantitative estimate of drug-likeness (QED) is 0.0784. The minimum Gasteiger partial charge on any atom is -0.770 e. The molecule has 1 unspecified atom stereocenters. The first-order valence-corrected chi connectivity index (χ1v) is 21.7. The van der Waals surface area contributed by atoms with Gasteiger partial charge >= 0.3 is 0 Å². The van der Waals surface area contributed by atoms with Gasteiger partial charge in [0.15, 0.2) is 23.7 Å². The van der Waals surface area contributed by atoms with Gasteiger partial charge in [-0.25, -0.2) is 15.0 Å². The predicted octanol–water partition coefficient (Wildman–Crippen LogP) is 8.09. The molecule has 1 aliphatic heterocycles. The number of nitrogens with zero attached hydrogens (tertiary/aromatic N) is 4. The van der Waals surface area contributed by atoms with E-state index in [-0.39, 0.29) is 30.5 Å². The van der Waals surface area contributed by atoms with E-state index in [0.29, 0.717) is 33.2 Å². The second-order valence-corrected chi connectivity index (χ2v) is 16.7. The van der Waals surface area contributed by atoms with Crippen LogP contribution < -0.4 is 24.2 Å². The third-order valence-electron chi connectivity index (χ3n) is 10.1. The van der Waals surface area contributed by atoms with E-state index in [1.54, 1.807) is 73.6 Å². The van der Waals surface area contributed by atoms with Crippen LogP contribution in [0.4, 0.5) is 5.82 Å². The van der Waals surface area contributed by atoms with Crippen molar-refractivity contribution in [1.82, 2.24) is 19.5 Å². The molecule has 1 saturated heterocycles. The van der Waals surface area contributed by atoms with Gasteiger partial charge in [0, 0.05) is 17.0 Å². The van der Waals surface area contributed by atoms with Crippen LogP contribution in [0.15, 0.2) is 146 Å². The number of anilines is 1. The third-order valence-corrected chi connectivity index (χ3v) is 11.7. The van der Waals surface area contributed by atoms with Crippen molar-refractivity contribution in [3.63, 3.8) is 0 Å². The molecule has 0 saturated carbocycles. The highest BCUT2D eigenvalue weighted by atomic mass is 35.5. The molecule has 0 spiro atoms. The zero-order chi connectivity index (χ0) is 41.7. The highest BCUT2D eigenvalue weighted by molar-refractivity contribution is 8.06. The molecule has 4 atom stereocenters. The van der Waals surface area contributed by atoms with Crippen LogP contribution in [-0.2, 0) is 31.4 Å². The lowest BCUT2D eigenvalue weighted by molar-refractivity contribution is -0.205. The summed E-state index contributed by atoms with van der Waals surface area (Å²) >= 11 is 11.6. The number of carbonyl (C=O) groups is 1. The fourth-order valence-electron chi connectivity index (χ4n) is 7.15. The monoisotopic (exact) mass is 862 g/mol. The molecule has 3 heterocycles. The molecule has 60 heavy (non-hydrogen) atoms. The Morgan fingerprint density at radius 2 is 1.42 bits per heavy atom. The lowest BCUT2D eigenvalue weighted by Crippen LogP contribution is -2.38. The zero-order valence-corrected chi connectivity index (χ0v) is 34.8. The van der Waals surface area contributed by atoms with E-state index in [4.69, 9.17) is 51.4 Å². The average Bonchev–Trinajstić information content (AvgIpc) is 3.90. The second-order valence-electron chi connectivity index (χ2n) is 13.7. The number of hydrogen-bond acceptors (Lipinski definition) is 12. The minimum atomic E-state index is -4.20. The number of imidazole rings is 1. The average molecular weight is 863 g/mol. The summed E-state index contributed by atoms with van der Waals surface area (Å²) in [6.07, 6.45) is 0.477. The van der Waals surface area contributed by atoms with Gasteiger partial charge in [-0.1, -0.05) is 84.4 Å². The number of rotatable bonds is 15. The van der Waals surface area contributed by atoms with Crippen LogP contribution in [0.1, 0.15) is 39.7 Å². The Balaban J connectivity index is 1.16. The van der Waals surface area contributed by atoms with Crippen LogP contribution in [0.25, 0.3) is 11.2 Å². The van der Waals surface area contributed by atoms with E-state index in [2.05, 4.69) is 20.3 Å². The predicted molar refractivity (Wildman–Crippen MR) is 228 cm³/mol. The van der Waals surface area contributed by atoms with Gasteiger partial charge in [-0.15, -0.1) is 0 Å². The summed E-state index contributed by atoms with van der Waals surface area (Å²) in [5.74, 6) is 1.44. The van der Waals surface area contributed by atoms with Crippen molar-refractivity contribution in [3.05, 3.63) is 173 Å². The number of methoxy groups -OCH3 is 2. The Kier molecular flexibility index (Phi) is 12.2. The van der Waals surface area contributed by atoms with E-state index in [9.17, 15) is 9.69 Å². The van der Waals surface area contributed by atoms with Crippen LogP contribution in [0.3, 0.4) is 0 Å². The minimum absolute atomic E-state index is 0.0790. The summed E-state index contributed by atoms with van der Waals surface area (Å²) in [5, 5.41) is 3.31. The molecule has 5 aromatic carbocycles. The molecule has 16 heteroatoms. The largest absolute Gasteiger partial charge is 0.770 e. The van der Waals surface area contributed by atoms with Crippen molar-refractivity contribution in [3.8, 4) is 17.2 Å². The highest BCUT2D eigenvalue weighted by Crippen LogP contribution is 2.48. The SMILES string of the molecule is COc1ccc(C(OC[C@H]2O[C@@H](n3cnc4c(NC(=O)c5ccccc5)ncnc43)C[C@@H]2OP([O-])(=S)Oc2ccc(Cl)cc2)(c2ccccc2)c2ccc(OC)cc2)cc1. The summed E-state index contributed by atoms with van der Waals surface area (Å²) < 4.78 is 38.6. The first-order chi connectivity index (χ1) is 29.2. The van der Waals surface area contributed by atoms with Gasteiger partial charge in [0.05, 0.1) is 33.3 Å². The van der Waals surface area contributed by atoms with Crippen molar-refractivity contribution in [2.24, 2.45) is 0 Å². The molecule has 0 radical (unpaired) electrons. The summed E-state index contributed by atoms with van der Waals surface area (Å²) in [4.78, 5) is 40.4. The van der Waals surface area contributed by atoms with Gasteiger partial charge < -0.3 is 38.2 Å². The van der Waals surface area contributed by atoms with Crippen LogP contribution in [0.5, 0.6) is 17.2 Å². The van der Waals surface area contributed by atoms with Crippen LogP contribution >= 0.6 is 18.3 Å². The number of nitrogens with one attached hydrogen (secondary N) is 1. The van der Waals surface area contributed by atoms with E-state index in [0.717, 1.165) is 16.7 Å². The summed E-state index contributed by atoms with van der Waals surface area (Å²) in [7, 11) is 3.22. The molecular weight excluding hydrogens is 825 g/mol. The molecular formula is C44H38ClN5O8PS-. The fourth-order valence-corrected chi connectivity index (χ4v) is 8.84. The topological polar surface area (TPSA) is 151 Å². The fraction of sp³-hybridized carbons (Fsp3) is 0.182. The van der Waals surface area contributed by atoms with Gasteiger partial charge in [0.25, 0.3) is 5.91 Å². The molecule has 1 aliphatic rings. The maximum absolute atomic E-state index is 14.0. The van der Waals surface area contributed by atoms with E-state index >= 15 is 0 Å². The molecule has 306 valence electrons. The maximum Gasteiger partial charge on any atom is 0.256 e. The van der Waals surface area contributed by atoms with Crippen LogP contribution in [0, 0.1) is 0 Å². The number of halogens is 1. The van der Waals surface area contributed by atoms with Gasteiger partial charge in [-0.3, -0.25) is 9.36 Å². The normalized spacial score (nSPS) is 17.5. The Bertz CT molecular complexity index is 2560. The summed E-state index contributed by atoms with van der Waals surface area (Å²) in [6, 6.07) is 40.2. The third kappa shape index (κ3) is 8.77. The molecule has 8 rings (SSSR count). The molecule has 0 aliphatic carbocycles. The molecule has 1 N–H and O–H groups in total. The molecule has 7 aromatic rings. The van der Waals surface area contributed by atoms with Crippen molar-refractivity contribution < 1.29 is 37.7 Å². The lowest BCUT2D eigenvalue weighted by atomic mass is 9.80. The molecule has 13 nitrogen and oxygen atoms in total. The first-order valence-electron chi connectivity index (χ1n) is 18.8. The van der Waals surface area contributed by atoms with Crippen molar-refractivity contribution in [1.29, 1.82) is 0 Å². The van der Waals surface area contributed by atoms with Crippen molar-refractivity contribution >= 4 is 53.0 Å². The number of hydrogen-bond donors (Lipinski definition) is 1. The zero-order valence-electron chi connectivity index (χ0n) is 32.3. The molecule has 1 amide bonds. The Morgan fingerprint density at radius 1 is 0.833 bits per heavy atom. The number of benzene rings is 5. The lowest BCUT2D eigenvalue weighted by Gasteiger charge is -2.38. The summed E-state index contributed by atoms with van der Waals surface area (Å²) in [5.41, 5.74) is 2.40. The van der Waals surface area contributed by atoms with Gasteiger partial charge in [0.2, 0.25) is 0 Å². The van der Waals surface area contributed by atoms with E-state index in [1.807, 2.05) is 84.9 Å². The second kappa shape index (κ2) is 17.9. The number of aromatic nitrogens is 4. The molecule has 1 fully saturated rings. The van der Waals surface area contributed by atoms with Crippen LogP contribution in [0.2, 0.25) is 5.02 Å². The Labute approximate surface area is 356 Å².